The fourth-order valence-electron chi connectivity index (χ4n) is 2.72. The van der Waals surface area contributed by atoms with Gasteiger partial charge in [0.25, 0.3) is 0 Å². The molecule has 0 amide bonds. The van der Waals surface area contributed by atoms with Crippen LogP contribution in [0.25, 0.3) is 0 Å². The lowest BCUT2D eigenvalue weighted by molar-refractivity contribution is 0.247. The van der Waals surface area contributed by atoms with E-state index >= 15 is 0 Å². The second-order valence-electron chi connectivity index (χ2n) is 6.32. The Balaban J connectivity index is 5.30. The van der Waals surface area contributed by atoms with E-state index in [0.717, 1.165) is 24.3 Å². The molecule has 0 bridgehead atoms. The number of nitrogens with two attached hydrogens (primary N) is 2. The Kier molecular flexibility index (Phi) is 10.8. The topological polar surface area (TPSA) is 149 Å². The molecule has 0 unspecified atom stereocenters. The predicted molar refractivity (Wildman–Crippen MR) is 99.8 cm³/mol. The van der Waals surface area contributed by atoms with Crippen molar-refractivity contribution >= 4 is 33.9 Å². The first-order valence-electron chi connectivity index (χ1n) is 7.38. The van der Waals surface area contributed by atoms with Crippen molar-refractivity contribution in [3.05, 3.63) is 0 Å². The van der Waals surface area contributed by atoms with E-state index in [1.165, 1.54) is 23.5 Å². The zero-order valence-corrected chi connectivity index (χ0v) is 15.9. The molecule has 0 saturated heterocycles. The second-order valence-corrected chi connectivity index (χ2v) is 8.21. The molecule has 0 aliphatic rings. The van der Waals surface area contributed by atoms with E-state index in [-0.39, 0.29) is 15.8 Å². The van der Waals surface area contributed by atoms with Gasteiger partial charge in [-0.25, -0.2) is 11.1 Å². The monoisotopic (exact) mass is 360 g/mol. The van der Waals surface area contributed by atoms with E-state index in [2.05, 4.69) is 48.1 Å². The molecule has 6 N–H and O–H groups in total. The maximum Gasteiger partial charge on any atom is 0.226 e. The Morgan fingerprint density at radius 2 is 1.22 bits per heavy atom. The minimum absolute atomic E-state index is 0.0288. The van der Waals surface area contributed by atoms with Crippen LogP contribution in [-0.2, 0) is 0 Å². The summed E-state index contributed by atoms with van der Waals surface area (Å²) in [6.45, 7) is 8.74. The molecule has 8 nitrogen and oxygen atoms in total. The maximum atomic E-state index is 7.09. The molecule has 0 aliphatic carbocycles. The van der Waals surface area contributed by atoms with Crippen LogP contribution in [0.4, 0.5) is 0 Å². The summed E-state index contributed by atoms with van der Waals surface area (Å²) in [5.41, 5.74) is 14.2. The molecule has 0 saturated carbocycles. The summed E-state index contributed by atoms with van der Waals surface area (Å²) in [6, 6.07) is 0. The summed E-state index contributed by atoms with van der Waals surface area (Å²) < 4.78 is 0. The van der Waals surface area contributed by atoms with Gasteiger partial charge in [0, 0.05) is 11.5 Å². The van der Waals surface area contributed by atoms with Crippen LogP contribution in [0, 0.1) is 28.3 Å². The SMILES string of the molecule is CC(C)CC(CSC(N=N)=NN)(CSC(N=N)=NN)CC(C)C. The van der Waals surface area contributed by atoms with Gasteiger partial charge in [0.05, 0.1) is 0 Å². The molecule has 0 radical (unpaired) electrons. The number of amidine groups is 2. The summed E-state index contributed by atoms with van der Waals surface area (Å²) >= 11 is 2.78. The van der Waals surface area contributed by atoms with E-state index in [1.54, 1.807) is 0 Å². The van der Waals surface area contributed by atoms with E-state index in [0.29, 0.717) is 11.8 Å². The predicted octanol–water partition coefficient (Wildman–Crippen LogP) is 4.05. The van der Waals surface area contributed by atoms with Gasteiger partial charge >= 0.3 is 0 Å². The maximum absolute atomic E-state index is 7.09. The standard InChI is InChI=1S/C13H28N8S2/c1-9(2)5-13(6-10(3)4,7-22-11(18-14)19-15)8-23-12(20-16)21-17/h9-10,14,16H,5-8,15,17H2,1-4H3. The number of rotatable bonds is 8. The highest BCUT2D eigenvalue weighted by Crippen LogP contribution is 2.40. The Morgan fingerprint density at radius 3 is 1.43 bits per heavy atom. The van der Waals surface area contributed by atoms with Crippen molar-refractivity contribution < 1.29 is 0 Å². The van der Waals surface area contributed by atoms with E-state index < -0.39 is 0 Å². The highest BCUT2D eigenvalue weighted by molar-refractivity contribution is 8.14. The quantitative estimate of drug-likeness (QED) is 0.170. The minimum Gasteiger partial charge on any atom is -0.321 e. The van der Waals surface area contributed by atoms with Gasteiger partial charge in [-0.2, -0.15) is 10.2 Å². The molecule has 0 heterocycles. The van der Waals surface area contributed by atoms with Crippen LogP contribution in [0.3, 0.4) is 0 Å². The van der Waals surface area contributed by atoms with Gasteiger partial charge in [0.2, 0.25) is 10.3 Å². The van der Waals surface area contributed by atoms with E-state index in [9.17, 15) is 0 Å². The first-order valence-corrected chi connectivity index (χ1v) is 9.35. The van der Waals surface area contributed by atoms with Gasteiger partial charge in [-0.1, -0.05) is 51.2 Å². The van der Waals surface area contributed by atoms with Crippen molar-refractivity contribution in [2.75, 3.05) is 11.5 Å². The lowest BCUT2D eigenvalue weighted by Gasteiger charge is -2.36. The van der Waals surface area contributed by atoms with Crippen LogP contribution in [0.1, 0.15) is 40.5 Å². The summed E-state index contributed by atoms with van der Waals surface area (Å²) in [5.74, 6) is 13.0. The molecule has 0 aromatic heterocycles. The van der Waals surface area contributed by atoms with Crippen molar-refractivity contribution in [3.8, 4) is 0 Å². The van der Waals surface area contributed by atoms with Gasteiger partial charge in [-0.05, 0) is 30.1 Å². The molecule has 23 heavy (non-hydrogen) atoms. The van der Waals surface area contributed by atoms with Crippen LogP contribution in [0.15, 0.2) is 20.4 Å². The Hall–Kier alpha value is -1.16. The van der Waals surface area contributed by atoms with Crippen molar-refractivity contribution in [3.63, 3.8) is 0 Å². The number of hydrogen-bond donors (Lipinski definition) is 4. The molecule has 10 heteroatoms. The molecule has 0 aromatic rings. The summed E-state index contributed by atoms with van der Waals surface area (Å²) in [4.78, 5) is 0. The molecule has 132 valence electrons. The number of hydrazone groups is 2. The van der Waals surface area contributed by atoms with Crippen LogP contribution >= 0.6 is 23.5 Å². The van der Waals surface area contributed by atoms with Crippen LogP contribution in [0.2, 0.25) is 0 Å². The minimum atomic E-state index is -0.0288. The third kappa shape index (κ3) is 8.89. The summed E-state index contributed by atoms with van der Waals surface area (Å²) in [5, 5.41) is 14.2. The number of thioether (sulfide) groups is 2. The summed E-state index contributed by atoms with van der Waals surface area (Å²) in [7, 11) is 0. The zero-order chi connectivity index (χ0) is 17.9. The Labute approximate surface area is 146 Å². The number of hydrogen-bond acceptors (Lipinski definition) is 8. The smallest absolute Gasteiger partial charge is 0.226 e. The Bertz CT molecular complexity index is 394. The largest absolute Gasteiger partial charge is 0.321 e. The lowest BCUT2D eigenvalue weighted by atomic mass is 9.77. The van der Waals surface area contributed by atoms with Gasteiger partial charge in [0.1, 0.15) is 0 Å². The highest BCUT2D eigenvalue weighted by Gasteiger charge is 2.33. The van der Waals surface area contributed by atoms with Crippen molar-refractivity contribution in [1.82, 2.24) is 0 Å². The van der Waals surface area contributed by atoms with Crippen LogP contribution < -0.4 is 11.7 Å². The highest BCUT2D eigenvalue weighted by atomic mass is 32.2. The van der Waals surface area contributed by atoms with Gasteiger partial charge in [-0.15, -0.1) is 10.2 Å². The zero-order valence-electron chi connectivity index (χ0n) is 14.2. The first kappa shape index (κ1) is 21.8. The van der Waals surface area contributed by atoms with Gasteiger partial charge in [0.15, 0.2) is 0 Å². The lowest BCUT2D eigenvalue weighted by Crippen LogP contribution is -2.32. The fraction of sp³-hybridized carbons (Fsp3) is 0.846. The normalized spacial score (nSPS) is 13.7. The van der Waals surface area contributed by atoms with Crippen molar-refractivity contribution in [2.24, 2.45) is 49.4 Å². The molecule has 0 aliphatic heterocycles. The molecule has 0 atom stereocenters. The fourth-order valence-corrected chi connectivity index (χ4v) is 4.68. The Morgan fingerprint density at radius 1 is 0.870 bits per heavy atom. The third-order valence-corrected chi connectivity index (χ3v) is 5.53. The van der Waals surface area contributed by atoms with E-state index in [1.807, 2.05) is 0 Å². The first-order chi connectivity index (χ1) is 10.8. The van der Waals surface area contributed by atoms with Gasteiger partial charge < -0.3 is 11.7 Å². The second kappa shape index (κ2) is 11.4. The van der Waals surface area contributed by atoms with Gasteiger partial charge in [-0.3, -0.25) is 0 Å². The van der Waals surface area contributed by atoms with Crippen molar-refractivity contribution in [1.29, 1.82) is 11.1 Å². The molecule has 0 spiro atoms. The molecule has 0 aromatic carbocycles. The number of nitrogens with one attached hydrogen (secondary N) is 2. The average molecular weight is 361 g/mol. The van der Waals surface area contributed by atoms with Crippen LogP contribution in [0.5, 0.6) is 0 Å². The third-order valence-electron chi connectivity index (χ3n) is 3.11. The molecule has 0 rings (SSSR count). The summed E-state index contributed by atoms with van der Waals surface area (Å²) in [6.07, 6.45) is 1.99. The van der Waals surface area contributed by atoms with E-state index in [4.69, 9.17) is 22.7 Å². The molecular weight excluding hydrogens is 332 g/mol. The number of nitrogens with zero attached hydrogens (tertiary/aromatic N) is 4. The van der Waals surface area contributed by atoms with Crippen LogP contribution in [-0.4, -0.2) is 21.8 Å². The molecule has 0 fully saturated rings. The van der Waals surface area contributed by atoms with Crippen molar-refractivity contribution in [2.45, 2.75) is 40.5 Å². The average Bonchev–Trinajstić information content (AvgIpc) is 2.48. The molecular formula is C13H28N8S2.